The van der Waals surface area contributed by atoms with Crippen LogP contribution in [0.4, 0.5) is 0 Å². The Labute approximate surface area is 81.9 Å². The average molecular weight is 180 g/mol. The second kappa shape index (κ2) is 4.15. The van der Waals surface area contributed by atoms with E-state index in [2.05, 4.69) is 26.7 Å². The average Bonchev–Trinajstić information content (AvgIpc) is 2.18. The van der Waals surface area contributed by atoms with Gasteiger partial charge < -0.3 is 4.74 Å². The Bertz CT molecular complexity index is 194. The van der Waals surface area contributed by atoms with Gasteiger partial charge in [-0.15, -0.1) is 12.3 Å². The summed E-state index contributed by atoms with van der Waals surface area (Å²) in [6, 6.07) is 0. The van der Waals surface area contributed by atoms with Crippen LogP contribution in [0.3, 0.4) is 0 Å². The lowest BCUT2D eigenvalue weighted by Crippen LogP contribution is -2.39. The second-order valence-corrected chi connectivity index (χ2v) is 4.56. The molecule has 0 radical (unpaired) electrons. The molecule has 0 amide bonds. The molecule has 1 aliphatic heterocycles. The maximum atomic E-state index is 5.77. The SMILES string of the molecule is C#C[C@H](C)C(C)(C)C1CCCCO1. The van der Waals surface area contributed by atoms with E-state index in [0.29, 0.717) is 6.10 Å². The van der Waals surface area contributed by atoms with E-state index in [-0.39, 0.29) is 11.3 Å². The first-order valence-electron chi connectivity index (χ1n) is 5.16. The predicted octanol–water partition coefficient (Wildman–Crippen LogP) is 2.85. The van der Waals surface area contributed by atoms with E-state index in [1.54, 1.807) is 0 Å². The molecule has 0 aliphatic carbocycles. The Morgan fingerprint density at radius 2 is 2.15 bits per heavy atom. The van der Waals surface area contributed by atoms with E-state index in [1.165, 1.54) is 19.3 Å². The van der Waals surface area contributed by atoms with Crippen molar-refractivity contribution in [2.45, 2.75) is 46.1 Å². The summed E-state index contributed by atoms with van der Waals surface area (Å²) >= 11 is 0. The number of hydrogen-bond donors (Lipinski definition) is 0. The van der Waals surface area contributed by atoms with Gasteiger partial charge in [0.15, 0.2) is 0 Å². The Morgan fingerprint density at radius 1 is 1.46 bits per heavy atom. The molecular formula is C12H20O. The molecule has 0 N–H and O–H groups in total. The highest BCUT2D eigenvalue weighted by molar-refractivity contribution is 5.01. The summed E-state index contributed by atoms with van der Waals surface area (Å²) in [7, 11) is 0. The van der Waals surface area contributed by atoms with Crippen LogP contribution in [0.2, 0.25) is 0 Å². The minimum atomic E-state index is 0.120. The molecule has 1 rings (SSSR count). The standard InChI is InChI=1S/C12H20O/c1-5-10(2)12(3,4)11-8-6-7-9-13-11/h1,10-11H,6-9H2,2-4H3/t10-,11?/m0/s1. The fourth-order valence-electron chi connectivity index (χ4n) is 1.82. The molecule has 0 spiro atoms. The third kappa shape index (κ3) is 2.25. The van der Waals surface area contributed by atoms with Crippen molar-refractivity contribution in [1.29, 1.82) is 0 Å². The molecule has 1 fully saturated rings. The number of terminal acetylenes is 1. The zero-order chi connectivity index (χ0) is 9.90. The maximum absolute atomic E-state index is 5.77. The summed E-state index contributed by atoms with van der Waals surface area (Å²) in [6.45, 7) is 7.45. The first-order chi connectivity index (χ1) is 6.09. The number of rotatable bonds is 2. The Morgan fingerprint density at radius 3 is 2.62 bits per heavy atom. The highest BCUT2D eigenvalue weighted by Gasteiger charge is 2.35. The largest absolute Gasteiger partial charge is 0.378 e. The molecule has 0 aromatic heterocycles. The summed E-state index contributed by atoms with van der Waals surface area (Å²) in [6.07, 6.45) is 9.47. The molecule has 2 atom stereocenters. The van der Waals surface area contributed by atoms with Gasteiger partial charge in [0.05, 0.1) is 6.10 Å². The van der Waals surface area contributed by atoms with Crippen LogP contribution in [0.25, 0.3) is 0 Å². The van der Waals surface area contributed by atoms with Crippen molar-refractivity contribution in [1.82, 2.24) is 0 Å². The van der Waals surface area contributed by atoms with Crippen LogP contribution in [0.5, 0.6) is 0 Å². The van der Waals surface area contributed by atoms with E-state index < -0.39 is 0 Å². The van der Waals surface area contributed by atoms with Gasteiger partial charge in [0.25, 0.3) is 0 Å². The molecule has 0 saturated carbocycles. The smallest absolute Gasteiger partial charge is 0.0637 e. The Kier molecular flexibility index (Phi) is 3.39. The van der Waals surface area contributed by atoms with Crippen molar-refractivity contribution in [3.05, 3.63) is 0 Å². The highest BCUT2D eigenvalue weighted by Crippen LogP contribution is 2.36. The molecule has 1 saturated heterocycles. The minimum Gasteiger partial charge on any atom is -0.378 e. The fraction of sp³-hybridized carbons (Fsp3) is 0.833. The van der Waals surface area contributed by atoms with Crippen LogP contribution in [-0.4, -0.2) is 12.7 Å². The highest BCUT2D eigenvalue weighted by atomic mass is 16.5. The zero-order valence-electron chi connectivity index (χ0n) is 8.97. The fourth-order valence-corrected chi connectivity index (χ4v) is 1.82. The third-order valence-electron chi connectivity index (χ3n) is 3.38. The van der Waals surface area contributed by atoms with Gasteiger partial charge in [0.2, 0.25) is 0 Å². The first kappa shape index (κ1) is 10.6. The van der Waals surface area contributed by atoms with E-state index in [0.717, 1.165) is 6.61 Å². The summed E-state index contributed by atoms with van der Waals surface area (Å²) in [5, 5.41) is 0. The van der Waals surface area contributed by atoms with Crippen LogP contribution in [0.1, 0.15) is 40.0 Å². The van der Waals surface area contributed by atoms with E-state index in [4.69, 9.17) is 11.2 Å². The van der Waals surface area contributed by atoms with Crippen LogP contribution >= 0.6 is 0 Å². The molecule has 1 heteroatoms. The third-order valence-corrected chi connectivity index (χ3v) is 3.38. The molecular weight excluding hydrogens is 160 g/mol. The molecule has 74 valence electrons. The van der Waals surface area contributed by atoms with E-state index in [1.807, 2.05) is 0 Å². The predicted molar refractivity (Wildman–Crippen MR) is 55.4 cm³/mol. The zero-order valence-corrected chi connectivity index (χ0v) is 8.97. The van der Waals surface area contributed by atoms with Crippen molar-refractivity contribution in [3.63, 3.8) is 0 Å². The summed E-state index contributed by atoms with van der Waals surface area (Å²) in [5.41, 5.74) is 0.120. The molecule has 1 heterocycles. The molecule has 1 aliphatic rings. The molecule has 1 nitrogen and oxygen atoms in total. The first-order valence-corrected chi connectivity index (χ1v) is 5.16. The number of ether oxygens (including phenoxy) is 1. The van der Waals surface area contributed by atoms with Gasteiger partial charge in [-0.25, -0.2) is 0 Å². The minimum absolute atomic E-state index is 0.120. The van der Waals surface area contributed by atoms with Gasteiger partial charge in [-0.2, -0.15) is 0 Å². The quantitative estimate of drug-likeness (QED) is 0.594. The summed E-state index contributed by atoms with van der Waals surface area (Å²) in [5.74, 6) is 3.11. The van der Waals surface area contributed by atoms with Crippen molar-refractivity contribution in [2.24, 2.45) is 11.3 Å². The monoisotopic (exact) mass is 180 g/mol. The van der Waals surface area contributed by atoms with Crippen molar-refractivity contribution < 1.29 is 4.74 Å². The number of hydrogen-bond acceptors (Lipinski definition) is 1. The molecule has 0 bridgehead atoms. The van der Waals surface area contributed by atoms with Crippen LogP contribution in [0.15, 0.2) is 0 Å². The van der Waals surface area contributed by atoms with Crippen LogP contribution < -0.4 is 0 Å². The van der Waals surface area contributed by atoms with Gasteiger partial charge in [0.1, 0.15) is 0 Å². The van der Waals surface area contributed by atoms with Gasteiger partial charge >= 0.3 is 0 Å². The lowest BCUT2D eigenvalue weighted by molar-refractivity contribution is -0.0666. The second-order valence-electron chi connectivity index (χ2n) is 4.56. The van der Waals surface area contributed by atoms with Gasteiger partial charge in [-0.1, -0.05) is 20.8 Å². The lowest BCUT2D eigenvalue weighted by atomic mass is 9.73. The summed E-state index contributed by atoms with van der Waals surface area (Å²) < 4.78 is 5.77. The molecule has 13 heavy (non-hydrogen) atoms. The van der Waals surface area contributed by atoms with Crippen molar-refractivity contribution in [3.8, 4) is 12.3 Å². The molecule has 0 aromatic rings. The molecule has 0 aromatic carbocycles. The van der Waals surface area contributed by atoms with Crippen molar-refractivity contribution >= 4 is 0 Å². The maximum Gasteiger partial charge on any atom is 0.0637 e. The van der Waals surface area contributed by atoms with Crippen LogP contribution in [0, 0.1) is 23.7 Å². The van der Waals surface area contributed by atoms with Gasteiger partial charge in [0, 0.05) is 17.9 Å². The molecule has 1 unspecified atom stereocenters. The van der Waals surface area contributed by atoms with E-state index >= 15 is 0 Å². The Balaban J connectivity index is 2.62. The van der Waals surface area contributed by atoms with E-state index in [9.17, 15) is 0 Å². The summed E-state index contributed by atoms with van der Waals surface area (Å²) in [4.78, 5) is 0. The van der Waals surface area contributed by atoms with Gasteiger partial charge in [-0.05, 0) is 19.3 Å². The van der Waals surface area contributed by atoms with Crippen molar-refractivity contribution in [2.75, 3.05) is 6.61 Å². The van der Waals surface area contributed by atoms with Gasteiger partial charge in [-0.3, -0.25) is 0 Å². The topological polar surface area (TPSA) is 9.23 Å². The normalized spacial score (nSPS) is 26.5. The Hall–Kier alpha value is -0.480. The lowest BCUT2D eigenvalue weighted by Gasteiger charge is -2.39. The van der Waals surface area contributed by atoms with Crippen LogP contribution in [-0.2, 0) is 4.74 Å².